The average Bonchev–Trinajstić information content (AvgIpc) is 2.98. The first kappa shape index (κ1) is 13.0. The second kappa shape index (κ2) is 5.54. The van der Waals surface area contributed by atoms with E-state index in [1.165, 1.54) is 18.5 Å². The molecule has 0 radical (unpaired) electrons. The Bertz CT molecular complexity index is 772. The molecule has 1 heterocycles. The van der Waals surface area contributed by atoms with Crippen molar-refractivity contribution in [2.75, 3.05) is 0 Å². The lowest BCUT2D eigenvalue weighted by Gasteiger charge is -2.03. The van der Waals surface area contributed by atoms with Gasteiger partial charge in [-0.05, 0) is 30.3 Å². The van der Waals surface area contributed by atoms with Crippen LogP contribution in [0.25, 0.3) is 5.69 Å². The van der Waals surface area contributed by atoms with Crippen molar-refractivity contribution < 1.29 is 13.9 Å². The molecule has 1 aromatic heterocycles. The van der Waals surface area contributed by atoms with Gasteiger partial charge in [0.1, 0.15) is 17.9 Å². The third kappa shape index (κ3) is 2.79. The van der Waals surface area contributed by atoms with Gasteiger partial charge in [-0.15, -0.1) is 5.10 Å². The van der Waals surface area contributed by atoms with Crippen molar-refractivity contribution in [3.8, 4) is 17.4 Å². The van der Waals surface area contributed by atoms with Crippen LogP contribution in [-0.4, -0.2) is 21.1 Å². The van der Waals surface area contributed by atoms with E-state index in [-0.39, 0.29) is 17.3 Å². The molecule has 0 bridgehead atoms. The quantitative estimate of drug-likeness (QED) is 0.691. The summed E-state index contributed by atoms with van der Waals surface area (Å²) < 4.78 is 20.0. The molecule has 0 aliphatic rings. The average molecular weight is 283 g/mol. The van der Waals surface area contributed by atoms with E-state index in [0.717, 1.165) is 11.8 Å². The highest BCUT2D eigenvalue weighted by Crippen LogP contribution is 2.22. The van der Waals surface area contributed by atoms with Crippen molar-refractivity contribution in [1.29, 1.82) is 0 Å². The van der Waals surface area contributed by atoms with Crippen LogP contribution in [0, 0.1) is 5.82 Å². The highest BCUT2D eigenvalue weighted by atomic mass is 19.1. The lowest BCUT2D eigenvalue weighted by molar-refractivity contribution is 0.112. The zero-order valence-electron chi connectivity index (χ0n) is 10.8. The molecular weight excluding hydrogens is 273 g/mol. The van der Waals surface area contributed by atoms with Crippen LogP contribution < -0.4 is 4.74 Å². The van der Waals surface area contributed by atoms with Gasteiger partial charge >= 0.3 is 6.01 Å². The molecule has 2 aromatic carbocycles. The highest BCUT2D eigenvalue weighted by molar-refractivity contribution is 5.79. The fraction of sp³-hybridized carbons (Fsp3) is 0. The number of ether oxygens (including phenoxy) is 1. The molecule has 0 N–H and O–H groups in total. The van der Waals surface area contributed by atoms with E-state index in [1.807, 2.05) is 30.3 Å². The minimum atomic E-state index is -0.507. The number of aromatic nitrogens is 3. The van der Waals surface area contributed by atoms with Crippen molar-refractivity contribution in [2.45, 2.75) is 0 Å². The molecule has 0 aliphatic heterocycles. The molecule has 0 spiro atoms. The number of hydrogen-bond acceptors (Lipinski definition) is 4. The number of halogens is 1. The number of para-hydroxylation sites is 1. The number of benzene rings is 2. The lowest BCUT2D eigenvalue weighted by Crippen LogP contribution is -1.96. The van der Waals surface area contributed by atoms with Crippen molar-refractivity contribution in [1.82, 2.24) is 14.8 Å². The van der Waals surface area contributed by atoms with Crippen LogP contribution in [0.3, 0.4) is 0 Å². The largest absolute Gasteiger partial charge is 0.422 e. The smallest absolute Gasteiger partial charge is 0.341 e. The molecule has 5 nitrogen and oxygen atoms in total. The van der Waals surface area contributed by atoms with Crippen molar-refractivity contribution in [3.05, 3.63) is 66.2 Å². The third-order valence-electron chi connectivity index (χ3n) is 2.79. The van der Waals surface area contributed by atoms with Gasteiger partial charge in [-0.3, -0.25) is 4.79 Å². The number of aldehydes is 1. The summed E-state index contributed by atoms with van der Waals surface area (Å²) in [4.78, 5) is 14.9. The molecule has 0 aliphatic carbocycles. The van der Waals surface area contributed by atoms with Gasteiger partial charge in [-0.25, -0.2) is 9.07 Å². The maximum Gasteiger partial charge on any atom is 0.341 e. The molecule has 0 saturated heterocycles. The molecule has 3 aromatic rings. The van der Waals surface area contributed by atoms with E-state index in [2.05, 4.69) is 10.1 Å². The first-order valence-corrected chi connectivity index (χ1v) is 6.16. The topological polar surface area (TPSA) is 57.0 Å². The van der Waals surface area contributed by atoms with Gasteiger partial charge in [0.25, 0.3) is 0 Å². The van der Waals surface area contributed by atoms with E-state index in [4.69, 9.17) is 4.74 Å². The molecule has 21 heavy (non-hydrogen) atoms. The van der Waals surface area contributed by atoms with Crippen LogP contribution >= 0.6 is 0 Å². The van der Waals surface area contributed by atoms with E-state index in [1.54, 1.807) is 4.68 Å². The van der Waals surface area contributed by atoms with E-state index in [0.29, 0.717) is 6.29 Å². The number of carbonyl (C=O) groups is 1. The van der Waals surface area contributed by atoms with Crippen LogP contribution in [0.5, 0.6) is 11.8 Å². The first-order chi connectivity index (χ1) is 10.3. The molecule has 6 heteroatoms. The highest BCUT2D eigenvalue weighted by Gasteiger charge is 2.09. The van der Waals surface area contributed by atoms with Gasteiger partial charge in [0.15, 0.2) is 6.29 Å². The van der Waals surface area contributed by atoms with Gasteiger partial charge in [-0.2, -0.15) is 4.98 Å². The Morgan fingerprint density at radius 1 is 1.14 bits per heavy atom. The molecule has 0 fully saturated rings. The van der Waals surface area contributed by atoms with Crippen LogP contribution in [0.2, 0.25) is 0 Å². The fourth-order valence-corrected chi connectivity index (χ4v) is 1.80. The lowest BCUT2D eigenvalue weighted by atomic mass is 10.2. The minimum absolute atomic E-state index is 0.0774. The van der Waals surface area contributed by atoms with Crippen LogP contribution in [0.4, 0.5) is 4.39 Å². The summed E-state index contributed by atoms with van der Waals surface area (Å²) in [5.74, 6) is -0.301. The van der Waals surface area contributed by atoms with E-state index in [9.17, 15) is 9.18 Å². The summed E-state index contributed by atoms with van der Waals surface area (Å²) in [6.45, 7) is 0. The predicted molar refractivity (Wildman–Crippen MR) is 73.2 cm³/mol. The van der Waals surface area contributed by atoms with Crippen molar-refractivity contribution in [3.63, 3.8) is 0 Å². The van der Waals surface area contributed by atoms with E-state index >= 15 is 0 Å². The molecule has 0 amide bonds. The Morgan fingerprint density at radius 2 is 1.95 bits per heavy atom. The Labute approximate surface area is 119 Å². The molecule has 0 atom stereocenters. The fourth-order valence-electron chi connectivity index (χ4n) is 1.80. The van der Waals surface area contributed by atoms with Gasteiger partial charge in [0.05, 0.1) is 11.3 Å². The van der Waals surface area contributed by atoms with Crippen molar-refractivity contribution >= 4 is 6.29 Å². The Balaban J connectivity index is 1.87. The Hall–Kier alpha value is -3.02. The normalized spacial score (nSPS) is 10.3. The number of rotatable bonds is 4. The summed E-state index contributed by atoms with van der Waals surface area (Å²) in [7, 11) is 0. The van der Waals surface area contributed by atoms with Crippen LogP contribution in [0.15, 0.2) is 54.9 Å². The molecule has 3 rings (SSSR count). The SMILES string of the molecule is O=Cc1cc(F)ccc1Oc1ncn(-c2ccccc2)n1. The van der Waals surface area contributed by atoms with E-state index < -0.39 is 5.82 Å². The minimum Gasteiger partial charge on any atom is -0.422 e. The third-order valence-corrected chi connectivity index (χ3v) is 2.79. The van der Waals surface area contributed by atoms with Gasteiger partial charge in [0.2, 0.25) is 0 Å². The summed E-state index contributed by atoms with van der Waals surface area (Å²) in [6.07, 6.45) is 2.02. The predicted octanol–water partition coefficient (Wildman–Crippen LogP) is 3.01. The summed E-state index contributed by atoms with van der Waals surface area (Å²) in [6, 6.07) is 13.1. The maximum absolute atomic E-state index is 13.0. The Morgan fingerprint density at radius 3 is 2.71 bits per heavy atom. The van der Waals surface area contributed by atoms with Crippen LogP contribution in [0.1, 0.15) is 10.4 Å². The number of carbonyl (C=O) groups excluding carboxylic acids is 1. The van der Waals surface area contributed by atoms with Crippen LogP contribution in [-0.2, 0) is 0 Å². The Kier molecular flexibility index (Phi) is 3.42. The second-order valence-electron chi connectivity index (χ2n) is 4.21. The zero-order valence-corrected chi connectivity index (χ0v) is 10.8. The number of hydrogen-bond donors (Lipinski definition) is 0. The maximum atomic E-state index is 13.0. The van der Waals surface area contributed by atoms with Gasteiger partial charge in [0, 0.05) is 0 Å². The molecule has 0 unspecified atom stereocenters. The molecule has 0 saturated carbocycles. The van der Waals surface area contributed by atoms with Crippen molar-refractivity contribution in [2.24, 2.45) is 0 Å². The first-order valence-electron chi connectivity index (χ1n) is 6.16. The number of nitrogens with zero attached hydrogens (tertiary/aromatic N) is 3. The monoisotopic (exact) mass is 283 g/mol. The molecule has 104 valence electrons. The molecular formula is C15H10FN3O2. The van der Waals surface area contributed by atoms with Gasteiger partial charge in [-0.1, -0.05) is 18.2 Å². The standard InChI is InChI=1S/C15H10FN3O2/c16-12-6-7-14(11(8-12)9-20)21-15-17-10-19(18-15)13-4-2-1-3-5-13/h1-10H. The summed E-state index contributed by atoms with van der Waals surface area (Å²) in [5.41, 5.74) is 0.931. The zero-order chi connectivity index (χ0) is 14.7. The summed E-state index contributed by atoms with van der Waals surface area (Å²) >= 11 is 0. The summed E-state index contributed by atoms with van der Waals surface area (Å²) in [5, 5.41) is 4.15. The second-order valence-corrected chi connectivity index (χ2v) is 4.21. The van der Waals surface area contributed by atoms with Gasteiger partial charge < -0.3 is 4.74 Å².